The van der Waals surface area contributed by atoms with Gasteiger partial charge in [0.1, 0.15) is 5.75 Å². The van der Waals surface area contributed by atoms with E-state index < -0.39 is 0 Å². The van der Waals surface area contributed by atoms with Crippen LogP contribution in [-0.2, 0) is 12.8 Å². The smallest absolute Gasteiger partial charge is 0.127 e. The molecular weight excluding hydrogens is 236 g/mol. The van der Waals surface area contributed by atoms with Crippen LogP contribution in [0.1, 0.15) is 24.0 Å². The number of hydrogen-bond donors (Lipinski definition) is 1. The van der Waals surface area contributed by atoms with Crippen LogP contribution in [0.15, 0.2) is 12.1 Å². The van der Waals surface area contributed by atoms with Crippen molar-refractivity contribution in [2.75, 3.05) is 38.7 Å². The minimum Gasteiger partial charge on any atom is -0.496 e. The lowest BCUT2D eigenvalue weighted by atomic mass is 9.89. The van der Waals surface area contributed by atoms with E-state index in [0.717, 1.165) is 24.6 Å². The Labute approximate surface area is 115 Å². The Hall–Kier alpha value is -1.22. The van der Waals surface area contributed by atoms with Crippen molar-refractivity contribution in [1.29, 1.82) is 0 Å². The summed E-state index contributed by atoms with van der Waals surface area (Å²) in [5.74, 6) is 1.97. The van der Waals surface area contributed by atoms with Gasteiger partial charge in [0.25, 0.3) is 0 Å². The minimum atomic E-state index is 0.812. The van der Waals surface area contributed by atoms with Crippen molar-refractivity contribution in [2.24, 2.45) is 5.92 Å². The van der Waals surface area contributed by atoms with E-state index in [1.165, 1.54) is 49.2 Å². The van der Waals surface area contributed by atoms with Gasteiger partial charge in [-0.05, 0) is 56.3 Å². The summed E-state index contributed by atoms with van der Waals surface area (Å²) in [7, 11) is 3.98. The molecule has 3 nitrogen and oxygen atoms in total. The number of benzene rings is 1. The second-order valence-corrected chi connectivity index (χ2v) is 5.82. The monoisotopic (exact) mass is 260 g/mol. The van der Waals surface area contributed by atoms with Crippen molar-refractivity contribution < 1.29 is 4.74 Å². The van der Waals surface area contributed by atoms with Gasteiger partial charge in [0.05, 0.1) is 7.11 Å². The largest absolute Gasteiger partial charge is 0.496 e. The topological polar surface area (TPSA) is 24.5 Å². The summed E-state index contributed by atoms with van der Waals surface area (Å²) in [5.41, 5.74) is 4.17. The van der Waals surface area contributed by atoms with Crippen molar-refractivity contribution >= 4 is 5.69 Å². The Bertz CT molecular complexity index is 452. The van der Waals surface area contributed by atoms with Gasteiger partial charge in [0.2, 0.25) is 0 Å². The second-order valence-electron chi connectivity index (χ2n) is 5.82. The number of likely N-dealkylation sites (N-methyl/N-ethyl adjacent to an activating group) is 1. The van der Waals surface area contributed by atoms with E-state index in [-0.39, 0.29) is 0 Å². The predicted molar refractivity (Wildman–Crippen MR) is 79.3 cm³/mol. The van der Waals surface area contributed by atoms with Gasteiger partial charge in [-0.3, -0.25) is 0 Å². The summed E-state index contributed by atoms with van der Waals surface area (Å²) < 4.78 is 5.74. The fourth-order valence-electron chi connectivity index (χ4n) is 3.48. The van der Waals surface area contributed by atoms with Gasteiger partial charge in [-0.1, -0.05) is 6.07 Å². The van der Waals surface area contributed by atoms with E-state index in [9.17, 15) is 0 Å². The van der Waals surface area contributed by atoms with Crippen molar-refractivity contribution in [3.8, 4) is 5.75 Å². The maximum absolute atomic E-state index is 5.74. The van der Waals surface area contributed by atoms with Crippen LogP contribution in [-0.4, -0.2) is 33.8 Å². The third-order valence-corrected chi connectivity index (χ3v) is 4.60. The Morgan fingerprint density at radius 3 is 2.84 bits per heavy atom. The predicted octanol–water partition coefficient (Wildman–Crippen LogP) is 2.23. The van der Waals surface area contributed by atoms with Crippen LogP contribution < -0.4 is 15.0 Å². The van der Waals surface area contributed by atoms with Gasteiger partial charge >= 0.3 is 0 Å². The van der Waals surface area contributed by atoms with E-state index >= 15 is 0 Å². The van der Waals surface area contributed by atoms with Crippen molar-refractivity contribution in [2.45, 2.75) is 25.7 Å². The highest BCUT2D eigenvalue weighted by molar-refractivity contribution is 5.65. The van der Waals surface area contributed by atoms with Gasteiger partial charge in [-0.2, -0.15) is 0 Å². The molecule has 1 fully saturated rings. The van der Waals surface area contributed by atoms with Crippen LogP contribution in [0.25, 0.3) is 0 Å². The molecule has 1 aromatic rings. The van der Waals surface area contributed by atoms with Gasteiger partial charge in [-0.25, -0.2) is 0 Å². The van der Waals surface area contributed by atoms with Crippen molar-refractivity contribution in [1.82, 2.24) is 5.32 Å². The van der Waals surface area contributed by atoms with E-state index in [0.29, 0.717) is 0 Å². The molecule has 0 unspecified atom stereocenters. The molecular formula is C16H24N2O. The van der Waals surface area contributed by atoms with Crippen LogP contribution in [0, 0.1) is 5.92 Å². The highest BCUT2D eigenvalue weighted by Crippen LogP contribution is 2.38. The molecule has 2 heterocycles. The average molecular weight is 260 g/mol. The van der Waals surface area contributed by atoms with E-state index in [1.54, 1.807) is 0 Å². The van der Waals surface area contributed by atoms with Gasteiger partial charge in [-0.15, -0.1) is 0 Å². The SMILES string of the molecule is COc1c(CC2CCNCC2)ccc2c1CCN2C. The first-order chi connectivity index (χ1) is 9.29. The molecule has 0 aromatic heterocycles. The highest BCUT2D eigenvalue weighted by Gasteiger charge is 2.23. The molecule has 1 aromatic carbocycles. The lowest BCUT2D eigenvalue weighted by Gasteiger charge is -2.24. The number of nitrogens with zero attached hydrogens (tertiary/aromatic N) is 1. The average Bonchev–Trinajstić information content (AvgIpc) is 2.82. The summed E-state index contributed by atoms with van der Waals surface area (Å²) in [6, 6.07) is 4.56. The van der Waals surface area contributed by atoms with Crippen LogP contribution in [0.2, 0.25) is 0 Å². The molecule has 104 valence electrons. The first-order valence-corrected chi connectivity index (χ1v) is 7.40. The first kappa shape index (κ1) is 12.8. The van der Waals surface area contributed by atoms with Crippen LogP contribution in [0.5, 0.6) is 5.75 Å². The Morgan fingerprint density at radius 1 is 1.32 bits per heavy atom. The number of ether oxygens (including phenoxy) is 1. The first-order valence-electron chi connectivity index (χ1n) is 7.40. The van der Waals surface area contributed by atoms with Crippen LogP contribution in [0.3, 0.4) is 0 Å². The maximum atomic E-state index is 5.74. The molecule has 0 bridgehead atoms. The third-order valence-electron chi connectivity index (χ3n) is 4.60. The molecule has 19 heavy (non-hydrogen) atoms. The quantitative estimate of drug-likeness (QED) is 0.902. The van der Waals surface area contributed by atoms with Gasteiger partial charge in [0, 0.05) is 24.8 Å². The fourth-order valence-corrected chi connectivity index (χ4v) is 3.48. The summed E-state index contributed by atoms with van der Waals surface area (Å²) in [5, 5.41) is 3.44. The lowest BCUT2D eigenvalue weighted by molar-refractivity contribution is 0.360. The van der Waals surface area contributed by atoms with E-state index in [4.69, 9.17) is 4.74 Å². The molecule has 0 amide bonds. The Balaban J connectivity index is 1.85. The molecule has 3 rings (SSSR count). The molecule has 0 spiro atoms. The molecule has 3 heteroatoms. The molecule has 1 saturated heterocycles. The molecule has 0 aliphatic carbocycles. The molecule has 0 atom stereocenters. The van der Waals surface area contributed by atoms with Crippen LogP contribution >= 0.6 is 0 Å². The molecule has 2 aliphatic rings. The zero-order chi connectivity index (χ0) is 13.2. The highest BCUT2D eigenvalue weighted by atomic mass is 16.5. The van der Waals surface area contributed by atoms with Crippen LogP contribution in [0.4, 0.5) is 5.69 Å². The third kappa shape index (κ3) is 2.44. The lowest BCUT2D eigenvalue weighted by Crippen LogP contribution is -2.28. The number of rotatable bonds is 3. The number of anilines is 1. The number of hydrogen-bond acceptors (Lipinski definition) is 3. The summed E-state index contributed by atoms with van der Waals surface area (Å²) in [6.07, 6.45) is 4.87. The number of fused-ring (bicyclic) bond motifs is 1. The minimum absolute atomic E-state index is 0.812. The summed E-state index contributed by atoms with van der Waals surface area (Å²) in [6.45, 7) is 3.45. The van der Waals surface area contributed by atoms with Gasteiger partial charge in [0.15, 0.2) is 0 Å². The number of methoxy groups -OCH3 is 1. The maximum Gasteiger partial charge on any atom is 0.127 e. The van der Waals surface area contributed by atoms with E-state index in [2.05, 4.69) is 29.4 Å². The molecule has 1 N–H and O–H groups in total. The Morgan fingerprint density at radius 2 is 2.11 bits per heavy atom. The summed E-state index contributed by atoms with van der Waals surface area (Å²) in [4.78, 5) is 2.33. The second kappa shape index (κ2) is 5.41. The van der Waals surface area contributed by atoms with Crippen molar-refractivity contribution in [3.63, 3.8) is 0 Å². The zero-order valence-corrected chi connectivity index (χ0v) is 12.0. The Kier molecular flexibility index (Phi) is 3.65. The molecule has 2 aliphatic heterocycles. The van der Waals surface area contributed by atoms with Gasteiger partial charge < -0.3 is 15.0 Å². The zero-order valence-electron chi connectivity index (χ0n) is 12.0. The number of nitrogens with one attached hydrogen (secondary N) is 1. The molecule has 0 saturated carbocycles. The normalized spacial score (nSPS) is 19.6. The van der Waals surface area contributed by atoms with Crippen molar-refractivity contribution in [3.05, 3.63) is 23.3 Å². The standard InChI is InChI=1S/C16H24N2O/c1-18-10-7-14-15(18)4-3-13(16(14)19-2)11-12-5-8-17-9-6-12/h3-4,12,17H,5-11H2,1-2H3. The van der Waals surface area contributed by atoms with E-state index in [1.807, 2.05) is 7.11 Å². The number of piperidine rings is 1. The molecule has 0 radical (unpaired) electrons. The summed E-state index contributed by atoms with van der Waals surface area (Å²) >= 11 is 0. The fraction of sp³-hybridized carbons (Fsp3) is 0.625.